The number of esters is 2. The number of aryl methyl sites for hydroxylation is 1. The minimum Gasteiger partial charge on any atom is -0.493 e. The number of carbonyl (C=O) groups is 2. The molecule has 0 aliphatic carbocycles. The van der Waals surface area contributed by atoms with Crippen molar-refractivity contribution in [2.75, 3.05) is 35.0 Å². The highest BCUT2D eigenvalue weighted by Gasteiger charge is 2.40. The summed E-state index contributed by atoms with van der Waals surface area (Å²) < 4.78 is 21.3. The summed E-state index contributed by atoms with van der Waals surface area (Å²) in [5.74, 6) is -0.584. The van der Waals surface area contributed by atoms with Gasteiger partial charge in [0, 0.05) is 17.9 Å². The second-order valence-electron chi connectivity index (χ2n) is 8.98. The molecular weight excluding hydrogens is 470 g/mol. The van der Waals surface area contributed by atoms with Crippen molar-refractivity contribution in [1.82, 2.24) is 4.90 Å². The van der Waals surface area contributed by atoms with E-state index in [1.54, 1.807) is 26.4 Å². The summed E-state index contributed by atoms with van der Waals surface area (Å²) in [4.78, 5) is 28.3. The van der Waals surface area contributed by atoms with E-state index in [0.29, 0.717) is 34.8 Å². The molecule has 1 heterocycles. The number of allylic oxidation sites excluding steroid dienone is 2. The molecular formula is C30H37NO6. The Morgan fingerprint density at radius 1 is 0.757 bits per heavy atom. The van der Waals surface area contributed by atoms with E-state index in [9.17, 15) is 9.59 Å². The standard InChI is InChI=1S/C30H37NO6/c1-20-26(29(32)36-5)28(23-16-17-24(34-3)25(19-23)35-4)27(30(33)37-6)21(2)31(20)18-12-8-11-15-22-13-9-7-10-14-22/h7,9-10,13-14,16-17,19,28H,8,11-12,15,18H2,1-6H3. The van der Waals surface area contributed by atoms with Crippen molar-refractivity contribution in [3.63, 3.8) is 0 Å². The van der Waals surface area contributed by atoms with E-state index in [0.717, 1.165) is 37.1 Å². The third-order valence-corrected chi connectivity index (χ3v) is 6.91. The van der Waals surface area contributed by atoms with E-state index in [1.165, 1.54) is 19.8 Å². The summed E-state index contributed by atoms with van der Waals surface area (Å²) in [5.41, 5.74) is 4.38. The predicted octanol–water partition coefficient (Wildman–Crippen LogP) is 5.41. The van der Waals surface area contributed by atoms with Crippen LogP contribution in [0.1, 0.15) is 50.2 Å². The highest BCUT2D eigenvalue weighted by Crippen LogP contribution is 2.44. The van der Waals surface area contributed by atoms with Crippen molar-refractivity contribution < 1.29 is 28.5 Å². The van der Waals surface area contributed by atoms with E-state index in [-0.39, 0.29) is 0 Å². The molecule has 7 nitrogen and oxygen atoms in total. The number of rotatable bonds is 11. The zero-order valence-corrected chi connectivity index (χ0v) is 22.6. The Hall–Kier alpha value is -3.74. The van der Waals surface area contributed by atoms with Gasteiger partial charge >= 0.3 is 11.9 Å². The fraction of sp³-hybridized carbons (Fsp3) is 0.400. The first kappa shape index (κ1) is 27.8. The molecule has 0 bridgehead atoms. The molecule has 0 spiro atoms. The number of hydrogen-bond acceptors (Lipinski definition) is 7. The number of benzene rings is 2. The minimum absolute atomic E-state index is 0.407. The summed E-state index contributed by atoms with van der Waals surface area (Å²) in [7, 11) is 5.81. The number of nitrogens with zero attached hydrogens (tertiary/aromatic N) is 1. The number of hydrogen-bond donors (Lipinski definition) is 0. The molecule has 198 valence electrons. The zero-order chi connectivity index (χ0) is 26.9. The topological polar surface area (TPSA) is 74.3 Å². The Morgan fingerprint density at radius 3 is 1.89 bits per heavy atom. The van der Waals surface area contributed by atoms with Crippen LogP contribution in [0.25, 0.3) is 0 Å². The van der Waals surface area contributed by atoms with Gasteiger partial charge in [-0.25, -0.2) is 9.59 Å². The molecule has 3 rings (SSSR count). The van der Waals surface area contributed by atoms with Crippen LogP contribution in [0.15, 0.2) is 71.1 Å². The summed E-state index contributed by atoms with van der Waals surface area (Å²) in [5, 5.41) is 0. The van der Waals surface area contributed by atoms with Gasteiger partial charge in [-0.2, -0.15) is 0 Å². The quantitative estimate of drug-likeness (QED) is 0.297. The average Bonchev–Trinajstić information content (AvgIpc) is 2.93. The van der Waals surface area contributed by atoms with Gasteiger partial charge in [0.05, 0.1) is 45.5 Å². The molecule has 1 aliphatic heterocycles. The molecule has 2 aromatic rings. The van der Waals surface area contributed by atoms with E-state index >= 15 is 0 Å². The Kier molecular flexibility index (Phi) is 9.78. The summed E-state index contributed by atoms with van der Waals surface area (Å²) in [6.07, 6.45) is 4.01. The van der Waals surface area contributed by atoms with Crippen molar-refractivity contribution in [1.29, 1.82) is 0 Å². The zero-order valence-electron chi connectivity index (χ0n) is 22.6. The molecule has 0 aromatic heterocycles. The molecule has 0 saturated carbocycles. The Morgan fingerprint density at radius 2 is 1.35 bits per heavy atom. The van der Waals surface area contributed by atoms with Gasteiger partial charge < -0.3 is 23.8 Å². The lowest BCUT2D eigenvalue weighted by molar-refractivity contribution is -0.137. The molecule has 2 aromatic carbocycles. The first-order valence-electron chi connectivity index (χ1n) is 12.5. The molecule has 7 heteroatoms. The van der Waals surface area contributed by atoms with Crippen LogP contribution < -0.4 is 9.47 Å². The van der Waals surface area contributed by atoms with Crippen molar-refractivity contribution in [3.05, 3.63) is 82.2 Å². The van der Waals surface area contributed by atoms with Gasteiger partial charge in [-0.15, -0.1) is 0 Å². The van der Waals surface area contributed by atoms with Crippen LogP contribution in [0.3, 0.4) is 0 Å². The maximum absolute atomic E-state index is 13.1. The van der Waals surface area contributed by atoms with Gasteiger partial charge in [-0.3, -0.25) is 0 Å². The summed E-state index contributed by atoms with van der Waals surface area (Å²) >= 11 is 0. The average molecular weight is 508 g/mol. The molecule has 0 N–H and O–H groups in total. The molecule has 0 saturated heterocycles. The highest BCUT2D eigenvalue weighted by atomic mass is 16.5. The molecule has 0 radical (unpaired) electrons. The first-order chi connectivity index (χ1) is 17.9. The number of methoxy groups -OCH3 is 4. The largest absolute Gasteiger partial charge is 0.493 e. The highest BCUT2D eigenvalue weighted by molar-refractivity contribution is 5.99. The Balaban J connectivity index is 1.95. The van der Waals surface area contributed by atoms with E-state index in [1.807, 2.05) is 30.9 Å². The fourth-order valence-corrected chi connectivity index (χ4v) is 4.98. The molecule has 0 atom stereocenters. The summed E-state index contributed by atoms with van der Waals surface area (Å²) in [6.45, 7) is 4.48. The molecule has 1 aliphatic rings. The van der Waals surface area contributed by atoms with Crippen molar-refractivity contribution in [2.45, 2.75) is 45.4 Å². The SMILES string of the molecule is COC(=O)C1=C(C)N(CCCCCc2ccccc2)C(C)=C(C(=O)OC)C1c1ccc(OC)c(OC)c1. The van der Waals surface area contributed by atoms with Crippen molar-refractivity contribution >= 4 is 11.9 Å². The van der Waals surface area contributed by atoms with Crippen LogP contribution in [0.5, 0.6) is 11.5 Å². The van der Waals surface area contributed by atoms with Crippen LogP contribution in [0.2, 0.25) is 0 Å². The van der Waals surface area contributed by atoms with Crippen molar-refractivity contribution in [2.24, 2.45) is 0 Å². The van der Waals surface area contributed by atoms with Crippen LogP contribution in [0.4, 0.5) is 0 Å². The molecule has 0 amide bonds. The normalized spacial score (nSPS) is 14.1. The molecule has 0 unspecified atom stereocenters. The van der Waals surface area contributed by atoms with Crippen LogP contribution >= 0.6 is 0 Å². The molecule has 37 heavy (non-hydrogen) atoms. The monoisotopic (exact) mass is 507 g/mol. The minimum atomic E-state index is -0.672. The van der Waals surface area contributed by atoms with Gasteiger partial charge in [-0.1, -0.05) is 42.8 Å². The number of carbonyl (C=O) groups excluding carboxylic acids is 2. The smallest absolute Gasteiger partial charge is 0.336 e. The predicted molar refractivity (Wildman–Crippen MR) is 142 cm³/mol. The first-order valence-corrected chi connectivity index (χ1v) is 12.5. The Labute approximate surface area is 219 Å². The van der Waals surface area contributed by atoms with Gasteiger partial charge in [0.2, 0.25) is 0 Å². The van der Waals surface area contributed by atoms with Gasteiger partial charge in [0.25, 0.3) is 0 Å². The lowest BCUT2D eigenvalue weighted by Crippen LogP contribution is -2.35. The number of ether oxygens (including phenoxy) is 4. The second-order valence-corrected chi connectivity index (χ2v) is 8.98. The fourth-order valence-electron chi connectivity index (χ4n) is 4.98. The third kappa shape index (κ3) is 6.16. The lowest BCUT2D eigenvalue weighted by Gasteiger charge is -2.38. The van der Waals surface area contributed by atoms with E-state index < -0.39 is 17.9 Å². The van der Waals surface area contributed by atoms with Crippen LogP contribution in [-0.4, -0.2) is 51.8 Å². The maximum atomic E-state index is 13.1. The maximum Gasteiger partial charge on any atom is 0.336 e. The number of unbranched alkanes of at least 4 members (excludes halogenated alkanes) is 2. The van der Waals surface area contributed by atoms with Gasteiger partial charge in [0.15, 0.2) is 11.5 Å². The molecule has 0 fully saturated rings. The van der Waals surface area contributed by atoms with Gasteiger partial charge in [0.1, 0.15) is 0 Å². The third-order valence-electron chi connectivity index (χ3n) is 6.91. The van der Waals surface area contributed by atoms with Gasteiger partial charge in [-0.05, 0) is 56.4 Å². The van der Waals surface area contributed by atoms with E-state index in [4.69, 9.17) is 18.9 Å². The second kappa shape index (κ2) is 13.0. The van der Waals surface area contributed by atoms with Crippen molar-refractivity contribution in [3.8, 4) is 11.5 Å². The van der Waals surface area contributed by atoms with E-state index in [2.05, 4.69) is 24.3 Å². The van der Waals surface area contributed by atoms with Crippen LogP contribution in [0, 0.1) is 0 Å². The summed E-state index contributed by atoms with van der Waals surface area (Å²) in [6, 6.07) is 15.8. The Bertz CT molecular complexity index is 1130. The lowest BCUT2D eigenvalue weighted by atomic mass is 9.79. The van der Waals surface area contributed by atoms with Crippen LogP contribution in [-0.2, 0) is 25.5 Å².